The van der Waals surface area contributed by atoms with Crippen LogP contribution in [0.25, 0.3) is 0 Å². The highest BCUT2D eigenvalue weighted by molar-refractivity contribution is 9.10. The van der Waals surface area contributed by atoms with Gasteiger partial charge >= 0.3 is 0 Å². The standard InChI is InChI=1S/C16H23BrN2O3/c1-11(2)22-14-8-12(17)7-13(9-14)19-15(20)16(10-18)3-5-21-6-4-16/h7-9,11H,3-6,10,18H2,1-2H3,(H,19,20). The van der Waals surface area contributed by atoms with Gasteiger partial charge in [0.15, 0.2) is 0 Å². The molecular weight excluding hydrogens is 348 g/mol. The molecule has 1 fully saturated rings. The van der Waals surface area contributed by atoms with Crippen molar-refractivity contribution in [1.29, 1.82) is 0 Å². The average molecular weight is 371 g/mol. The minimum Gasteiger partial charge on any atom is -0.491 e. The quantitative estimate of drug-likeness (QED) is 0.835. The third kappa shape index (κ3) is 4.21. The summed E-state index contributed by atoms with van der Waals surface area (Å²) in [5, 5.41) is 2.97. The lowest BCUT2D eigenvalue weighted by molar-refractivity contribution is -0.130. The summed E-state index contributed by atoms with van der Waals surface area (Å²) in [6, 6.07) is 5.56. The summed E-state index contributed by atoms with van der Waals surface area (Å²) in [6.45, 7) is 5.40. The molecule has 0 saturated carbocycles. The van der Waals surface area contributed by atoms with Crippen LogP contribution < -0.4 is 15.8 Å². The Balaban J connectivity index is 2.15. The van der Waals surface area contributed by atoms with Gasteiger partial charge < -0.3 is 20.5 Å². The van der Waals surface area contributed by atoms with Gasteiger partial charge in [-0.25, -0.2) is 0 Å². The van der Waals surface area contributed by atoms with Crippen LogP contribution in [0.5, 0.6) is 5.75 Å². The molecule has 3 N–H and O–H groups in total. The third-order valence-corrected chi connectivity index (χ3v) is 4.28. The number of carbonyl (C=O) groups is 1. The molecule has 1 heterocycles. The van der Waals surface area contributed by atoms with Crippen molar-refractivity contribution in [3.63, 3.8) is 0 Å². The molecular formula is C16H23BrN2O3. The maximum Gasteiger partial charge on any atom is 0.232 e. The van der Waals surface area contributed by atoms with Gasteiger partial charge in [0, 0.05) is 36.0 Å². The Morgan fingerprint density at radius 3 is 2.68 bits per heavy atom. The van der Waals surface area contributed by atoms with Crippen molar-refractivity contribution >= 4 is 27.5 Å². The summed E-state index contributed by atoms with van der Waals surface area (Å²) in [4.78, 5) is 12.7. The smallest absolute Gasteiger partial charge is 0.232 e. The molecule has 22 heavy (non-hydrogen) atoms. The van der Waals surface area contributed by atoms with Crippen molar-refractivity contribution in [1.82, 2.24) is 0 Å². The Hall–Kier alpha value is -1.11. The molecule has 1 aromatic carbocycles. The molecule has 1 saturated heterocycles. The van der Waals surface area contributed by atoms with Gasteiger partial charge in [-0.2, -0.15) is 0 Å². The molecule has 6 heteroatoms. The molecule has 1 amide bonds. The maximum atomic E-state index is 12.7. The molecule has 122 valence electrons. The number of benzene rings is 1. The number of nitrogens with one attached hydrogen (secondary N) is 1. The number of hydrogen-bond acceptors (Lipinski definition) is 4. The van der Waals surface area contributed by atoms with Crippen molar-refractivity contribution in [2.45, 2.75) is 32.8 Å². The van der Waals surface area contributed by atoms with Gasteiger partial charge in [-0.05, 0) is 38.8 Å². The highest BCUT2D eigenvalue weighted by Crippen LogP contribution is 2.32. The van der Waals surface area contributed by atoms with Crippen LogP contribution in [0.2, 0.25) is 0 Å². The largest absolute Gasteiger partial charge is 0.491 e. The zero-order chi connectivity index (χ0) is 16.2. The molecule has 1 aromatic rings. The lowest BCUT2D eigenvalue weighted by Crippen LogP contribution is -2.46. The molecule has 2 rings (SSSR count). The number of nitrogens with two attached hydrogens (primary N) is 1. The first kappa shape index (κ1) is 17.2. The molecule has 0 atom stereocenters. The fraction of sp³-hybridized carbons (Fsp3) is 0.562. The summed E-state index contributed by atoms with van der Waals surface area (Å²) in [6.07, 6.45) is 1.38. The molecule has 0 radical (unpaired) electrons. The number of amides is 1. The van der Waals surface area contributed by atoms with E-state index in [0.29, 0.717) is 44.0 Å². The van der Waals surface area contributed by atoms with Crippen molar-refractivity contribution < 1.29 is 14.3 Å². The SMILES string of the molecule is CC(C)Oc1cc(Br)cc(NC(=O)C2(CN)CCOCC2)c1. The second-order valence-corrected chi connectivity index (χ2v) is 6.81. The van der Waals surface area contributed by atoms with Crippen LogP contribution in [0.4, 0.5) is 5.69 Å². The summed E-state index contributed by atoms with van der Waals surface area (Å²) in [5.41, 5.74) is 6.03. The first-order valence-corrected chi connectivity index (χ1v) is 8.31. The van der Waals surface area contributed by atoms with Gasteiger partial charge in [-0.1, -0.05) is 15.9 Å². The van der Waals surface area contributed by atoms with Gasteiger partial charge in [0.05, 0.1) is 11.5 Å². The normalized spacial score (nSPS) is 17.3. The molecule has 0 aromatic heterocycles. The predicted molar refractivity (Wildman–Crippen MR) is 90.1 cm³/mol. The number of halogens is 1. The Morgan fingerprint density at radius 2 is 2.09 bits per heavy atom. The van der Waals surface area contributed by atoms with E-state index in [0.717, 1.165) is 4.47 Å². The Labute approximate surface area is 139 Å². The Bertz CT molecular complexity index is 528. The minimum atomic E-state index is -0.542. The van der Waals surface area contributed by atoms with Crippen molar-refractivity contribution in [2.24, 2.45) is 11.1 Å². The van der Waals surface area contributed by atoms with Gasteiger partial charge in [-0.15, -0.1) is 0 Å². The molecule has 0 bridgehead atoms. The van der Waals surface area contributed by atoms with E-state index in [4.69, 9.17) is 15.2 Å². The Morgan fingerprint density at radius 1 is 1.41 bits per heavy atom. The molecule has 5 nitrogen and oxygen atoms in total. The molecule has 0 aliphatic carbocycles. The summed E-state index contributed by atoms with van der Waals surface area (Å²) >= 11 is 3.44. The van der Waals surface area contributed by atoms with Crippen LogP contribution in [0.3, 0.4) is 0 Å². The van der Waals surface area contributed by atoms with Crippen LogP contribution in [0.1, 0.15) is 26.7 Å². The van der Waals surface area contributed by atoms with E-state index in [1.54, 1.807) is 0 Å². The molecule has 1 aliphatic heterocycles. The lowest BCUT2D eigenvalue weighted by Gasteiger charge is -2.34. The van der Waals surface area contributed by atoms with Crippen molar-refractivity contribution in [3.05, 3.63) is 22.7 Å². The van der Waals surface area contributed by atoms with Crippen LogP contribution in [0.15, 0.2) is 22.7 Å². The van der Waals surface area contributed by atoms with E-state index in [1.807, 2.05) is 32.0 Å². The fourth-order valence-electron chi connectivity index (χ4n) is 2.52. The first-order chi connectivity index (χ1) is 10.4. The van der Waals surface area contributed by atoms with E-state index in [2.05, 4.69) is 21.2 Å². The number of carbonyl (C=O) groups excluding carboxylic acids is 1. The summed E-state index contributed by atoms with van der Waals surface area (Å²) < 4.78 is 11.9. The third-order valence-electron chi connectivity index (χ3n) is 3.82. The van der Waals surface area contributed by atoms with Crippen molar-refractivity contribution in [3.8, 4) is 5.75 Å². The van der Waals surface area contributed by atoms with Gasteiger partial charge in [0.1, 0.15) is 5.75 Å². The summed E-state index contributed by atoms with van der Waals surface area (Å²) in [5.74, 6) is 0.667. The first-order valence-electron chi connectivity index (χ1n) is 7.52. The highest BCUT2D eigenvalue weighted by Gasteiger charge is 2.38. The summed E-state index contributed by atoms with van der Waals surface area (Å²) in [7, 11) is 0. The number of rotatable bonds is 5. The molecule has 1 aliphatic rings. The van der Waals surface area contributed by atoms with Gasteiger partial charge in [0.25, 0.3) is 0 Å². The van der Waals surface area contributed by atoms with Crippen LogP contribution in [-0.4, -0.2) is 31.8 Å². The number of hydrogen-bond donors (Lipinski definition) is 2. The number of anilines is 1. The predicted octanol–water partition coefficient (Wildman–Crippen LogP) is 2.93. The topological polar surface area (TPSA) is 73.6 Å². The molecule has 0 spiro atoms. The van der Waals surface area contributed by atoms with E-state index in [9.17, 15) is 4.79 Å². The average Bonchev–Trinajstić information content (AvgIpc) is 2.46. The minimum absolute atomic E-state index is 0.0492. The van der Waals surface area contributed by atoms with Crippen LogP contribution in [-0.2, 0) is 9.53 Å². The second kappa shape index (κ2) is 7.44. The fourth-order valence-corrected chi connectivity index (χ4v) is 3.00. The van der Waals surface area contributed by atoms with E-state index < -0.39 is 5.41 Å². The maximum absolute atomic E-state index is 12.7. The second-order valence-electron chi connectivity index (χ2n) is 5.89. The van der Waals surface area contributed by atoms with Crippen molar-refractivity contribution in [2.75, 3.05) is 25.1 Å². The Kier molecular flexibility index (Phi) is 5.83. The zero-order valence-electron chi connectivity index (χ0n) is 13.0. The highest BCUT2D eigenvalue weighted by atomic mass is 79.9. The van der Waals surface area contributed by atoms with E-state index in [-0.39, 0.29) is 12.0 Å². The monoisotopic (exact) mass is 370 g/mol. The lowest BCUT2D eigenvalue weighted by atomic mass is 9.79. The number of ether oxygens (including phenoxy) is 2. The van der Waals surface area contributed by atoms with Crippen LogP contribution >= 0.6 is 15.9 Å². The van der Waals surface area contributed by atoms with E-state index in [1.165, 1.54) is 0 Å². The molecule has 0 unspecified atom stereocenters. The van der Waals surface area contributed by atoms with Gasteiger partial charge in [-0.3, -0.25) is 4.79 Å². The van der Waals surface area contributed by atoms with E-state index >= 15 is 0 Å². The van der Waals surface area contributed by atoms with Crippen LogP contribution in [0, 0.1) is 5.41 Å². The van der Waals surface area contributed by atoms with Gasteiger partial charge in [0.2, 0.25) is 5.91 Å². The zero-order valence-corrected chi connectivity index (χ0v) is 14.6.